The summed E-state index contributed by atoms with van der Waals surface area (Å²) in [5.74, 6) is -0.0687. The summed E-state index contributed by atoms with van der Waals surface area (Å²) in [4.78, 5) is 34.8. The van der Waals surface area contributed by atoms with Gasteiger partial charge in [0.15, 0.2) is 11.5 Å². The maximum absolute atomic E-state index is 12.4. The summed E-state index contributed by atoms with van der Waals surface area (Å²) in [6, 6.07) is 16.5. The second-order valence-electron chi connectivity index (χ2n) is 6.53. The van der Waals surface area contributed by atoms with Crippen molar-refractivity contribution in [1.29, 1.82) is 0 Å². The second kappa shape index (κ2) is 10.5. The highest BCUT2D eigenvalue weighted by molar-refractivity contribution is 5.95. The zero-order valence-electron chi connectivity index (χ0n) is 17.7. The van der Waals surface area contributed by atoms with Crippen LogP contribution < -0.4 is 19.6 Å². The third kappa shape index (κ3) is 5.91. The molecule has 0 spiro atoms. The van der Waals surface area contributed by atoms with Crippen molar-refractivity contribution in [3.63, 3.8) is 0 Å². The Bertz CT molecular complexity index is 1210. The Labute approximate surface area is 188 Å². The molecule has 0 aliphatic rings. The lowest BCUT2D eigenvalue weighted by molar-refractivity contribution is -0.384. The molecular weight excluding hydrogens is 430 g/mol. The van der Waals surface area contributed by atoms with E-state index in [1.807, 2.05) is 0 Å². The molecule has 0 aliphatic heterocycles. The molecular formula is C23H19N3O7. The Morgan fingerprint density at radius 2 is 1.70 bits per heavy atom. The fourth-order valence-corrected chi connectivity index (χ4v) is 2.73. The Kier molecular flexibility index (Phi) is 7.32. The molecule has 0 saturated carbocycles. The monoisotopic (exact) mass is 449 g/mol. The first-order chi connectivity index (χ1) is 15.9. The Balaban J connectivity index is 1.66. The number of carbonyl (C=O) groups is 2. The molecule has 0 heterocycles. The van der Waals surface area contributed by atoms with Gasteiger partial charge in [0.2, 0.25) is 0 Å². The maximum Gasteiger partial charge on any atom is 0.343 e. The highest BCUT2D eigenvalue weighted by atomic mass is 16.6. The van der Waals surface area contributed by atoms with Crippen molar-refractivity contribution in [2.75, 3.05) is 14.2 Å². The number of non-ortho nitro benzene ring substituents is 1. The van der Waals surface area contributed by atoms with E-state index in [0.717, 1.165) is 6.07 Å². The average Bonchev–Trinajstić information content (AvgIpc) is 2.84. The number of esters is 1. The Hall–Kier alpha value is -4.73. The highest BCUT2D eigenvalue weighted by Crippen LogP contribution is 2.28. The molecule has 0 saturated heterocycles. The van der Waals surface area contributed by atoms with Crippen LogP contribution in [0.15, 0.2) is 71.8 Å². The number of carbonyl (C=O) groups excluding carboxylic acids is 2. The van der Waals surface area contributed by atoms with E-state index >= 15 is 0 Å². The fraction of sp³-hybridized carbons (Fsp3) is 0.0870. The van der Waals surface area contributed by atoms with Crippen molar-refractivity contribution in [2.24, 2.45) is 5.10 Å². The molecule has 10 nitrogen and oxygen atoms in total. The predicted octanol–water partition coefficient (Wildman–Crippen LogP) is 3.60. The molecule has 0 bridgehead atoms. The third-order valence-corrected chi connectivity index (χ3v) is 4.41. The number of nitro groups is 1. The molecule has 0 radical (unpaired) electrons. The Morgan fingerprint density at radius 3 is 2.36 bits per heavy atom. The standard InChI is InChI=1S/C23H19N3O7/c1-31-19-9-7-16(8-10-19)23(28)33-20-11-6-15(12-21(20)32-2)14-24-25-22(27)17-4-3-5-18(13-17)26(29)30/h3-14H,1-2H3,(H,25,27)/b24-14-. The number of methoxy groups -OCH3 is 2. The third-order valence-electron chi connectivity index (χ3n) is 4.41. The number of nitrogens with one attached hydrogen (secondary N) is 1. The molecule has 0 aliphatic carbocycles. The topological polar surface area (TPSA) is 129 Å². The van der Waals surface area contributed by atoms with Crippen LogP contribution in [-0.2, 0) is 0 Å². The number of nitro benzene ring substituents is 1. The summed E-state index contributed by atoms with van der Waals surface area (Å²) in [7, 11) is 2.95. The first-order valence-electron chi connectivity index (χ1n) is 9.53. The zero-order valence-corrected chi connectivity index (χ0v) is 17.7. The summed E-state index contributed by atoms with van der Waals surface area (Å²) < 4.78 is 15.8. The number of rotatable bonds is 8. The van der Waals surface area contributed by atoms with Crippen molar-refractivity contribution < 1.29 is 28.7 Å². The van der Waals surface area contributed by atoms with E-state index in [1.54, 1.807) is 36.4 Å². The molecule has 3 rings (SSSR count). The molecule has 33 heavy (non-hydrogen) atoms. The van der Waals surface area contributed by atoms with Crippen LogP contribution >= 0.6 is 0 Å². The summed E-state index contributed by atoms with van der Waals surface area (Å²) >= 11 is 0. The van der Waals surface area contributed by atoms with Gasteiger partial charge in [-0.15, -0.1) is 0 Å². The average molecular weight is 449 g/mol. The van der Waals surface area contributed by atoms with Gasteiger partial charge in [-0.25, -0.2) is 10.2 Å². The normalized spacial score (nSPS) is 10.5. The highest BCUT2D eigenvalue weighted by Gasteiger charge is 2.14. The molecule has 1 amide bonds. The number of nitrogens with zero attached hydrogens (tertiary/aromatic N) is 2. The van der Waals surface area contributed by atoms with Crippen molar-refractivity contribution in [1.82, 2.24) is 5.43 Å². The summed E-state index contributed by atoms with van der Waals surface area (Å²) in [5, 5.41) is 14.7. The van der Waals surface area contributed by atoms with Crippen molar-refractivity contribution in [2.45, 2.75) is 0 Å². The number of hydrogen-bond donors (Lipinski definition) is 1. The summed E-state index contributed by atoms with van der Waals surface area (Å²) in [6.07, 6.45) is 1.35. The Morgan fingerprint density at radius 1 is 0.939 bits per heavy atom. The van der Waals surface area contributed by atoms with Crippen LogP contribution in [0.2, 0.25) is 0 Å². The van der Waals surface area contributed by atoms with Gasteiger partial charge in [-0.3, -0.25) is 14.9 Å². The zero-order chi connectivity index (χ0) is 23.8. The van der Waals surface area contributed by atoms with Crippen molar-refractivity contribution in [3.8, 4) is 17.2 Å². The first kappa shape index (κ1) is 22.9. The van der Waals surface area contributed by atoms with Gasteiger partial charge in [-0.05, 0) is 54.1 Å². The van der Waals surface area contributed by atoms with E-state index in [0.29, 0.717) is 16.9 Å². The van der Waals surface area contributed by atoms with Crippen LogP contribution in [0.1, 0.15) is 26.3 Å². The summed E-state index contributed by atoms with van der Waals surface area (Å²) in [6.45, 7) is 0. The van der Waals surface area contributed by atoms with Crippen LogP contribution in [0.4, 0.5) is 5.69 Å². The molecule has 168 valence electrons. The second-order valence-corrected chi connectivity index (χ2v) is 6.53. The van der Waals surface area contributed by atoms with Gasteiger partial charge in [-0.2, -0.15) is 5.10 Å². The number of ether oxygens (including phenoxy) is 3. The molecule has 3 aromatic carbocycles. The van der Waals surface area contributed by atoms with Crippen LogP contribution in [0, 0.1) is 10.1 Å². The largest absolute Gasteiger partial charge is 0.497 e. The van der Waals surface area contributed by atoms with Gasteiger partial charge in [0.1, 0.15) is 5.75 Å². The number of hydrogen-bond acceptors (Lipinski definition) is 8. The van der Waals surface area contributed by atoms with Gasteiger partial charge >= 0.3 is 5.97 Å². The van der Waals surface area contributed by atoms with Crippen molar-refractivity contribution in [3.05, 3.63) is 93.5 Å². The summed E-state index contributed by atoms with van der Waals surface area (Å²) in [5.41, 5.74) is 3.09. The van der Waals surface area contributed by atoms with Gasteiger partial charge in [0.25, 0.3) is 11.6 Å². The molecule has 1 N–H and O–H groups in total. The number of hydrazone groups is 1. The molecule has 3 aromatic rings. The van der Waals surface area contributed by atoms with E-state index in [4.69, 9.17) is 14.2 Å². The lowest BCUT2D eigenvalue weighted by atomic mass is 10.2. The predicted molar refractivity (Wildman–Crippen MR) is 119 cm³/mol. The smallest absolute Gasteiger partial charge is 0.343 e. The van der Waals surface area contributed by atoms with E-state index in [1.165, 1.54) is 44.7 Å². The number of amides is 1. The van der Waals surface area contributed by atoms with Gasteiger partial charge in [0, 0.05) is 17.7 Å². The van der Waals surface area contributed by atoms with Crippen LogP contribution in [-0.4, -0.2) is 37.2 Å². The molecule has 0 unspecified atom stereocenters. The van der Waals surface area contributed by atoms with Crippen LogP contribution in [0.25, 0.3) is 0 Å². The van der Waals surface area contributed by atoms with E-state index < -0.39 is 16.8 Å². The lowest BCUT2D eigenvalue weighted by Gasteiger charge is -2.10. The van der Waals surface area contributed by atoms with Gasteiger partial charge < -0.3 is 14.2 Å². The fourth-order valence-electron chi connectivity index (χ4n) is 2.73. The molecule has 10 heteroatoms. The first-order valence-corrected chi connectivity index (χ1v) is 9.53. The molecule has 0 atom stereocenters. The minimum Gasteiger partial charge on any atom is -0.497 e. The number of benzene rings is 3. The quantitative estimate of drug-likeness (QED) is 0.183. The SMILES string of the molecule is COc1ccc(C(=O)Oc2ccc(/C=N\NC(=O)c3cccc([N+](=O)[O-])c3)cc2OC)cc1. The van der Waals surface area contributed by atoms with Crippen LogP contribution in [0.5, 0.6) is 17.2 Å². The minimum atomic E-state index is -0.605. The minimum absolute atomic E-state index is 0.0970. The van der Waals surface area contributed by atoms with E-state index in [9.17, 15) is 19.7 Å². The van der Waals surface area contributed by atoms with E-state index in [2.05, 4.69) is 10.5 Å². The maximum atomic E-state index is 12.4. The van der Waals surface area contributed by atoms with Gasteiger partial charge in [-0.1, -0.05) is 6.07 Å². The van der Waals surface area contributed by atoms with Crippen molar-refractivity contribution >= 4 is 23.8 Å². The molecule has 0 fully saturated rings. The lowest BCUT2D eigenvalue weighted by Crippen LogP contribution is -2.17. The molecule has 0 aromatic heterocycles. The van der Waals surface area contributed by atoms with Crippen LogP contribution in [0.3, 0.4) is 0 Å². The van der Waals surface area contributed by atoms with E-state index in [-0.39, 0.29) is 22.7 Å². The van der Waals surface area contributed by atoms with Gasteiger partial charge in [0.05, 0.1) is 30.9 Å².